The fourth-order valence-corrected chi connectivity index (χ4v) is 3.04. The van der Waals surface area contributed by atoms with Crippen LogP contribution in [0.1, 0.15) is 33.1 Å². The van der Waals surface area contributed by atoms with Crippen LogP contribution in [0, 0.1) is 5.92 Å². The number of likely N-dealkylation sites (tertiary alicyclic amines) is 1. The van der Waals surface area contributed by atoms with E-state index in [9.17, 15) is 14.4 Å². The van der Waals surface area contributed by atoms with E-state index in [0.29, 0.717) is 19.6 Å². The lowest BCUT2D eigenvalue weighted by Gasteiger charge is -2.39. The third-order valence-electron chi connectivity index (χ3n) is 4.33. The van der Waals surface area contributed by atoms with E-state index in [0.717, 1.165) is 25.8 Å². The van der Waals surface area contributed by atoms with E-state index in [1.807, 2.05) is 6.92 Å². The maximum absolute atomic E-state index is 12.0. The summed E-state index contributed by atoms with van der Waals surface area (Å²) < 4.78 is 0. The van der Waals surface area contributed by atoms with E-state index in [-0.39, 0.29) is 17.7 Å². The van der Waals surface area contributed by atoms with E-state index in [4.69, 9.17) is 0 Å². The molecule has 2 heterocycles. The second kappa shape index (κ2) is 6.43. The second-order valence-electron chi connectivity index (χ2n) is 6.03. The fraction of sp³-hybridized carbons (Fsp3) is 0.786. The van der Waals surface area contributed by atoms with Crippen molar-refractivity contribution in [2.45, 2.75) is 38.6 Å². The van der Waals surface area contributed by atoms with Crippen LogP contribution in [0.15, 0.2) is 0 Å². The Labute approximate surface area is 124 Å². The number of imide groups is 1. The molecule has 118 valence electrons. The summed E-state index contributed by atoms with van der Waals surface area (Å²) in [6.07, 6.45) is 2.71. The molecule has 4 amide bonds. The first kappa shape index (κ1) is 15.8. The van der Waals surface area contributed by atoms with Gasteiger partial charge in [-0.25, -0.2) is 4.79 Å². The molecule has 0 spiro atoms. The van der Waals surface area contributed by atoms with Gasteiger partial charge in [0.15, 0.2) is 0 Å². The van der Waals surface area contributed by atoms with Crippen LogP contribution < -0.4 is 16.0 Å². The zero-order chi connectivity index (χ0) is 15.5. The number of amides is 4. The fourth-order valence-electron chi connectivity index (χ4n) is 3.04. The number of urea groups is 1. The highest BCUT2D eigenvalue weighted by Gasteiger charge is 2.48. The minimum absolute atomic E-state index is 0.0163. The first-order chi connectivity index (χ1) is 9.95. The highest BCUT2D eigenvalue weighted by molar-refractivity contribution is 6.07. The highest BCUT2D eigenvalue weighted by Crippen LogP contribution is 2.29. The number of carbonyl (C=O) groups excluding carboxylic acids is 3. The Morgan fingerprint density at radius 1 is 1.48 bits per heavy atom. The van der Waals surface area contributed by atoms with E-state index >= 15 is 0 Å². The van der Waals surface area contributed by atoms with Crippen molar-refractivity contribution in [1.82, 2.24) is 20.9 Å². The average Bonchev–Trinajstić information content (AvgIpc) is 2.71. The van der Waals surface area contributed by atoms with Crippen molar-refractivity contribution in [2.24, 2.45) is 5.92 Å². The molecule has 3 N–H and O–H groups in total. The monoisotopic (exact) mass is 296 g/mol. The molecular weight excluding hydrogens is 272 g/mol. The van der Waals surface area contributed by atoms with Gasteiger partial charge in [0, 0.05) is 19.0 Å². The number of nitrogens with one attached hydrogen (secondary N) is 3. The summed E-state index contributed by atoms with van der Waals surface area (Å²) in [5, 5.41) is 7.89. The van der Waals surface area contributed by atoms with Crippen molar-refractivity contribution in [3.8, 4) is 0 Å². The molecule has 0 radical (unpaired) electrons. The lowest BCUT2D eigenvalue weighted by molar-refractivity contribution is -0.126. The normalized spacial score (nSPS) is 29.9. The third kappa shape index (κ3) is 3.53. The SMILES string of the molecule is CCCNC(=O)CN1CCCC(C2(C)NC(=O)NC2=O)C1. The Bertz CT molecular complexity index is 440. The van der Waals surface area contributed by atoms with Crippen LogP contribution in [-0.2, 0) is 9.59 Å². The van der Waals surface area contributed by atoms with Crippen LogP contribution in [0.25, 0.3) is 0 Å². The third-order valence-corrected chi connectivity index (χ3v) is 4.33. The van der Waals surface area contributed by atoms with E-state index in [2.05, 4.69) is 20.9 Å². The standard InChI is InChI=1S/C14H24N4O3/c1-3-6-15-11(19)9-18-7-4-5-10(8-18)14(2)12(20)16-13(21)17-14/h10H,3-9H2,1-2H3,(H,15,19)(H2,16,17,20,21). The van der Waals surface area contributed by atoms with Crippen LogP contribution in [0.3, 0.4) is 0 Å². The second-order valence-corrected chi connectivity index (χ2v) is 6.03. The van der Waals surface area contributed by atoms with Gasteiger partial charge in [0.1, 0.15) is 5.54 Å². The van der Waals surface area contributed by atoms with Crippen molar-refractivity contribution in [3.63, 3.8) is 0 Å². The molecule has 2 atom stereocenters. The largest absolute Gasteiger partial charge is 0.355 e. The Kier molecular flexibility index (Phi) is 4.82. The number of hydrogen-bond donors (Lipinski definition) is 3. The van der Waals surface area contributed by atoms with Crippen molar-refractivity contribution in [2.75, 3.05) is 26.2 Å². The maximum Gasteiger partial charge on any atom is 0.322 e. The number of nitrogens with zero attached hydrogens (tertiary/aromatic N) is 1. The average molecular weight is 296 g/mol. The first-order valence-electron chi connectivity index (χ1n) is 7.58. The topological polar surface area (TPSA) is 90.5 Å². The van der Waals surface area contributed by atoms with Gasteiger partial charge in [-0.15, -0.1) is 0 Å². The quantitative estimate of drug-likeness (QED) is 0.614. The molecule has 2 unspecified atom stereocenters. The van der Waals surface area contributed by atoms with Gasteiger partial charge in [0.05, 0.1) is 6.54 Å². The van der Waals surface area contributed by atoms with E-state index in [1.165, 1.54) is 0 Å². The number of hydrogen-bond acceptors (Lipinski definition) is 4. The predicted octanol–water partition coefficient (Wildman–Crippen LogP) is -0.177. The van der Waals surface area contributed by atoms with Crippen molar-refractivity contribution >= 4 is 17.8 Å². The minimum Gasteiger partial charge on any atom is -0.355 e. The lowest BCUT2D eigenvalue weighted by atomic mass is 9.80. The molecule has 0 aliphatic carbocycles. The van der Waals surface area contributed by atoms with Crippen LogP contribution in [0.4, 0.5) is 4.79 Å². The minimum atomic E-state index is -0.865. The van der Waals surface area contributed by atoms with Crippen LogP contribution in [-0.4, -0.2) is 54.5 Å². The van der Waals surface area contributed by atoms with Gasteiger partial charge < -0.3 is 10.6 Å². The van der Waals surface area contributed by atoms with Crippen molar-refractivity contribution < 1.29 is 14.4 Å². The zero-order valence-corrected chi connectivity index (χ0v) is 12.7. The van der Waals surface area contributed by atoms with Gasteiger partial charge in [0.25, 0.3) is 5.91 Å². The smallest absolute Gasteiger partial charge is 0.322 e. The molecule has 0 aromatic heterocycles. The highest BCUT2D eigenvalue weighted by atomic mass is 16.2. The van der Waals surface area contributed by atoms with Crippen LogP contribution in [0.5, 0.6) is 0 Å². The van der Waals surface area contributed by atoms with Gasteiger partial charge in [-0.1, -0.05) is 6.92 Å². The van der Waals surface area contributed by atoms with Gasteiger partial charge in [0.2, 0.25) is 5.91 Å². The molecule has 2 aliphatic heterocycles. The van der Waals surface area contributed by atoms with Crippen molar-refractivity contribution in [1.29, 1.82) is 0 Å². The molecule has 2 saturated heterocycles. The van der Waals surface area contributed by atoms with Crippen molar-refractivity contribution in [3.05, 3.63) is 0 Å². The lowest BCUT2D eigenvalue weighted by Crippen LogP contribution is -2.56. The van der Waals surface area contributed by atoms with Gasteiger partial charge in [-0.05, 0) is 32.7 Å². The summed E-state index contributed by atoms with van der Waals surface area (Å²) in [5.74, 6) is -0.228. The molecule has 7 heteroatoms. The molecule has 0 bridgehead atoms. The Morgan fingerprint density at radius 3 is 2.86 bits per heavy atom. The molecule has 21 heavy (non-hydrogen) atoms. The number of carbonyl (C=O) groups is 3. The Hall–Kier alpha value is -1.63. The van der Waals surface area contributed by atoms with Crippen LogP contribution in [0.2, 0.25) is 0 Å². The molecule has 0 saturated carbocycles. The molecule has 7 nitrogen and oxygen atoms in total. The summed E-state index contributed by atoms with van der Waals surface area (Å²) in [6, 6.07) is -0.430. The van der Waals surface area contributed by atoms with E-state index < -0.39 is 11.6 Å². The van der Waals surface area contributed by atoms with Gasteiger partial charge >= 0.3 is 6.03 Å². The van der Waals surface area contributed by atoms with Gasteiger partial charge in [-0.2, -0.15) is 0 Å². The summed E-state index contributed by atoms with van der Waals surface area (Å²) >= 11 is 0. The first-order valence-corrected chi connectivity index (χ1v) is 7.58. The molecule has 2 fully saturated rings. The molecule has 2 aliphatic rings. The molecule has 2 rings (SSSR count). The van der Waals surface area contributed by atoms with Gasteiger partial charge in [-0.3, -0.25) is 19.8 Å². The molecule has 0 aromatic rings. The Balaban J connectivity index is 1.93. The predicted molar refractivity (Wildman–Crippen MR) is 77.5 cm³/mol. The molecule has 0 aromatic carbocycles. The summed E-state index contributed by atoms with van der Waals surface area (Å²) in [4.78, 5) is 37.2. The summed E-state index contributed by atoms with van der Waals surface area (Å²) in [7, 11) is 0. The number of piperidine rings is 1. The van der Waals surface area contributed by atoms with Crippen LogP contribution >= 0.6 is 0 Å². The van der Waals surface area contributed by atoms with E-state index in [1.54, 1.807) is 6.92 Å². The number of rotatable bonds is 5. The Morgan fingerprint density at radius 2 is 2.24 bits per heavy atom. The zero-order valence-electron chi connectivity index (χ0n) is 12.7. The summed E-state index contributed by atoms with van der Waals surface area (Å²) in [6.45, 7) is 6.30. The maximum atomic E-state index is 12.0. The molecular formula is C14H24N4O3. The summed E-state index contributed by atoms with van der Waals surface area (Å²) in [5.41, 5.74) is -0.865.